The molecule has 0 radical (unpaired) electrons. The second kappa shape index (κ2) is 10.1. The Balaban J connectivity index is 1.63. The summed E-state index contributed by atoms with van der Waals surface area (Å²) in [6.45, 7) is 2.13. The molecule has 11 nitrogen and oxygen atoms in total. The van der Waals surface area contributed by atoms with Crippen LogP contribution in [0.25, 0.3) is 0 Å². The summed E-state index contributed by atoms with van der Waals surface area (Å²) < 4.78 is 38.2. The number of carbonyl (C=O) groups is 1. The Morgan fingerprint density at radius 3 is 2.30 bits per heavy atom. The van der Waals surface area contributed by atoms with Gasteiger partial charge in [0.25, 0.3) is 10.0 Å². The molecule has 0 aliphatic rings. The highest BCUT2D eigenvalue weighted by molar-refractivity contribution is 7.92. The number of nitrogens with one attached hydrogen (secondary N) is 1. The Kier molecular flexibility index (Phi) is 7.28. The summed E-state index contributed by atoms with van der Waals surface area (Å²) in [7, 11) is -0.307. The van der Waals surface area contributed by atoms with E-state index >= 15 is 0 Å². The number of nitrogens with two attached hydrogens (primary N) is 1. The molecule has 0 fully saturated rings. The minimum absolute atomic E-state index is 0.0175. The molecule has 0 aliphatic carbocycles. The fourth-order valence-electron chi connectivity index (χ4n) is 2.67. The number of hydrogen-bond acceptors (Lipinski definition) is 10. The predicted molar refractivity (Wildman–Crippen MR) is 123 cm³/mol. The van der Waals surface area contributed by atoms with Crippen LogP contribution in [0.15, 0.2) is 53.4 Å². The van der Waals surface area contributed by atoms with Gasteiger partial charge in [0.2, 0.25) is 11.9 Å². The van der Waals surface area contributed by atoms with Gasteiger partial charge in [-0.1, -0.05) is 0 Å². The van der Waals surface area contributed by atoms with Gasteiger partial charge in [-0.15, -0.1) is 0 Å². The molecule has 0 unspecified atom stereocenters. The Bertz CT molecular complexity index is 1210. The van der Waals surface area contributed by atoms with Crippen LogP contribution in [0.4, 0.5) is 17.6 Å². The molecule has 0 bridgehead atoms. The number of anilines is 3. The lowest BCUT2D eigenvalue weighted by molar-refractivity contribution is 0.0462. The van der Waals surface area contributed by atoms with E-state index < -0.39 is 16.0 Å². The summed E-state index contributed by atoms with van der Waals surface area (Å²) in [6.07, 6.45) is 0. The molecule has 2 aromatic carbocycles. The van der Waals surface area contributed by atoms with Gasteiger partial charge in [0.05, 0.1) is 17.1 Å². The molecule has 0 amide bonds. The first-order valence-electron chi connectivity index (χ1n) is 9.88. The lowest BCUT2D eigenvalue weighted by atomic mass is 10.2. The van der Waals surface area contributed by atoms with Crippen molar-refractivity contribution in [2.75, 3.05) is 36.1 Å². The number of aromatic nitrogens is 3. The van der Waals surface area contributed by atoms with Crippen LogP contribution in [0.3, 0.4) is 0 Å². The quantitative estimate of drug-likeness (QED) is 0.443. The van der Waals surface area contributed by atoms with Crippen LogP contribution in [0.1, 0.15) is 23.1 Å². The van der Waals surface area contributed by atoms with Gasteiger partial charge in [-0.3, -0.25) is 4.72 Å². The van der Waals surface area contributed by atoms with Gasteiger partial charge >= 0.3 is 5.97 Å². The SMILES string of the molecule is CCOc1ccc(S(=O)(=O)Nc2ccc(C(=O)OCc3nc(N)nc(N(C)C)n3)cc2)cc1. The molecule has 0 spiro atoms. The maximum absolute atomic E-state index is 12.6. The molecule has 1 heterocycles. The molecule has 0 saturated carbocycles. The second-order valence-corrected chi connectivity index (χ2v) is 8.65. The van der Waals surface area contributed by atoms with Crippen LogP contribution < -0.4 is 20.1 Å². The van der Waals surface area contributed by atoms with Crippen LogP contribution in [0.2, 0.25) is 0 Å². The van der Waals surface area contributed by atoms with Crippen molar-refractivity contribution >= 4 is 33.6 Å². The fraction of sp³-hybridized carbons (Fsp3) is 0.238. The number of nitrogens with zero attached hydrogens (tertiary/aromatic N) is 4. The number of hydrogen-bond donors (Lipinski definition) is 2. The molecule has 0 aliphatic heterocycles. The predicted octanol–water partition coefficient (Wildman–Crippen LogP) is 2.08. The summed E-state index contributed by atoms with van der Waals surface area (Å²) in [4.78, 5) is 26.2. The van der Waals surface area contributed by atoms with E-state index in [1.165, 1.54) is 36.4 Å². The third-order valence-corrected chi connectivity index (χ3v) is 5.63. The number of benzene rings is 2. The molecule has 0 saturated heterocycles. The number of sulfonamides is 1. The number of ether oxygens (including phenoxy) is 2. The summed E-state index contributed by atoms with van der Waals surface area (Å²) in [5.74, 6) is 0.527. The first-order chi connectivity index (χ1) is 15.7. The van der Waals surface area contributed by atoms with Crippen LogP contribution in [-0.4, -0.2) is 50.0 Å². The van der Waals surface area contributed by atoms with E-state index in [0.717, 1.165) is 0 Å². The number of esters is 1. The van der Waals surface area contributed by atoms with Crippen LogP contribution in [-0.2, 0) is 21.4 Å². The van der Waals surface area contributed by atoms with Gasteiger partial charge < -0.3 is 20.1 Å². The van der Waals surface area contributed by atoms with E-state index in [0.29, 0.717) is 24.0 Å². The van der Waals surface area contributed by atoms with Crippen molar-refractivity contribution < 1.29 is 22.7 Å². The summed E-state index contributed by atoms with van der Waals surface area (Å²) in [5, 5.41) is 0. The van der Waals surface area contributed by atoms with Crippen molar-refractivity contribution in [3.63, 3.8) is 0 Å². The lowest BCUT2D eigenvalue weighted by Gasteiger charge is -2.12. The van der Waals surface area contributed by atoms with Crippen LogP contribution in [0, 0.1) is 0 Å². The second-order valence-electron chi connectivity index (χ2n) is 6.97. The van der Waals surface area contributed by atoms with Crippen LogP contribution in [0.5, 0.6) is 5.75 Å². The summed E-state index contributed by atoms with van der Waals surface area (Å²) in [6, 6.07) is 11.9. The van der Waals surface area contributed by atoms with Crippen molar-refractivity contribution in [1.29, 1.82) is 0 Å². The highest BCUT2D eigenvalue weighted by atomic mass is 32.2. The van der Waals surface area contributed by atoms with Gasteiger partial charge in [-0.2, -0.15) is 15.0 Å². The fourth-order valence-corrected chi connectivity index (χ4v) is 3.73. The average molecular weight is 473 g/mol. The standard InChI is InChI=1S/C21H24N6O5S/c1-4-31-16-9-11-17(12-10-16)33(29,30)26-15-7-5-14(6-8-15)19(28)32-13-18-23-20(22)25-21(24-18)27(2)3/h5-12,26H,4,13H2,1-3H3,(H2,22,23,24,25). The minimum atomic E-state index is -3.80. The van der Waals surface area contributed by atoms with Gasteiger partial charge in [0.15, 0.2) is 12.4 Å². The minimum Gasteiger partial charge on any atom is -0.494 e. The molecule has 3 N–H and O–H groups in total. The molecule has 3 rings (SSSR count). The van der Waals surface area contributed by atoms with E-state index in [1.807, 2.05) is 6.92 Å². The van der Waals surface area contributed by atoms with E-state index in [2.05, 4.69) is 19.7 Å². The molecule has 3 aromatic rings. The molecule has 174 valence electrons. The normalized spacial score (nSPS) is 11.0. The van der Waals surface area contributed by atoms with Gasteiger partial charge in [-0.25, -0.2) is 13.2 Å². The van der Waals surface area contributed by atoms with Gasteiger partial charge in [0.1, 0.15) is 5.75 Å². The molecule has 0 atom stereocenters. The Morgan fingerprint density at radius 2 is 1.70 bits per heavy atom. The number of carbonyl (C=O) groups excluding carboxylic acids is 1. The average Bonchev–Trinajstić information content (AvgIpc) is 2.78. The van der Waals surface area contributed by atoms with Crippen molar-refractivity contribution in [2.24, 2.45) is 0 Å². The zero-order valence-electron chi connectivity index (χ0n) is 18.3. The molecule has 33 heavy (non-hydrogen) atoms. The number of rotatable bonds is 9. The maximum atomic E-state index is 12.6. The summed E-state index contributed by atoms with van der Waals surface area (Å²) in [5.41, 5.74) is 6.18. The third kappa shape index (κ3) is 6.29. The maximum Gasteiger partial charge on any atom is 0.338 e. The third-order valence-electron chi connectivity index (χ3n) is 4.24. The largest absolute Gasteiger partial charge is 0.494 e. The first-order valence-corrected chi connectivity index (χ1v) is 11.4. The molecule has 1 aromatic heterocycles. The zero-order valence-corrected chi connectivity index (χ0v) is 19.2. The Morgan fingerprint density at radius 1 is 1.03 bits per heavy atom. The Hall–Kier alpha value is -3.93. The van der Waals surface area contributed by atoms with Crippen LogP contribution >= 0.6 is 0 Å². The van der Waals surface area contributed by atoms with Crippen molar-refractivity contribution in [2.45, 2.75) is 18.4 Å². The topological polar surface area (TPSA) is 150 Å². The van der Waals surface area contributed by atoms with E-state index in [9.17, 15) is 13.2 Å². The lowest BCUT2D eigenvalue weighted by Crippen LogP contribution is -2.17. The summed E-state index contributed by atoms with van der Waals surface area (Å²) >= 11 is 0. The van der Waals surface area contributed by atoms with E-state index in [-0.39, 0.29) is 28.8 Å². The van der Waals surface area contributed by atoms with Gasteiger partial charge in [0, 0.05) is 19.8 Å². The van der Waals surface area contributed by atoms with Crippen molar-refractivity contribution in [1.82, 2.24) is 15.0 Å². The van der Waals surface area contributed by atoms with E-state index in [1.54, 1.807) is 31.1 Å². The number of nitrogen functional groups attached to an aromatic ring is 1. The van der Waals surface area contributed by atoms with E-state index in [4.69, 9.17) is 15.2 Å². The van der Waals surface area contributed by atoms with Gasteiger partial charge in [-0.05, 0) is 55.5 Å². The smallest absolute Gasteiger partial charge is 0.338 e. The van der Waals surface area contributed by atoms with Crippen molar-refractivity contribution in [3.8, 4) is 5.75 Å². The first kappa shape index (κ1) is 23.7. The monoisotopic (exact) mass is 472 g/mol. The molecular weight excluding hydrogens is 448 g/mol. The highest BCUT2D eigenvalue weighted by Crippen LogP contribution is 2.20. The highest BCUT2D eigenvalue weighted by Gasteiger charge is 2.16. The van der Waals surface area contributed by atoms with Crippen molar-refractivity contribution in [3.05, 3.63) is 59.9 Å². The molecular formula is C21H24N6O5S. The Labute approximate surface area is 191 Å². The molecule has 12 heteroatoms. The zero-order chi connectivity index (χ0) is 24.0.